The first kappa shape index (κ1) is 14.1. The molecular formula is C16H19BrN2S. The van der Waals surface area contributed by atoms with Crippen molar-refractivity contribution in [3.05, 3.63) is 50.1 Å². The van der Waals surface area contributed by atoms with Crippen molar-refractivity contribution in [3.8, 4) is 0 Å². The Hall–Kier alpha value is -0.840. The largest absolute Gasteiger partial charge is 0.367 e. The van der Waals surface area contributed by atoms with E-state index in [0.29, 0.717) is 0 Å². The maximum Gasteiger partial charge on any atom is 0.0440 e. The number of rotatable bonds is 4. The van der Waals surface area contributed by atoms with E-state index in [-0.39, 0.29) is 0 Å². The van der Waals surface area contributed by atoms with Gasteiger partial charge in [0.1, 0.15) is 0 Å². The molecule has 0 spiro atoms. The monoisotopic (exact) mass is 350 g/mol. The summed E-state index contributed by atoms with van der Waals surface area (Å²) in [7, 11) is 0. The van der Waals surface area contributed by atoms with Crippen LogP contribution in [0.15, 0.2) is 34.1 Å². The molecule has 0 fully saturated rings. The van der Waals surface area contributed by atoms with Crippen LogP contribution in [0.3, 0.4) is 0 Å². The van der Waals surface area contributed by atoms with Crippen molar-refractivity contribution in [1.82, 2.24) is 5.32 Å². The van der Waals surface area contributed by atoms with Gasteiger partial charge in [-0.2, -0.15) is 0 Å². The lowest BCUT2D eigenvalue weighted by molar-refractivity contribution is 0.722. The van der Waals surface area contributed by atoms with Crippen LogP contribution >= 0.6 is 27.3 Å². The third kappa shape index (κ3) is 2.92. The highest BCUT2D eigenvalue weighted by Crippen LogP contribution is 2.30. The molecule has 0 saturated carbocycles. The van der Waals surface area contributed by atoms with E-state index in [9.17, 15) is 0 Å². The fourth-order valence-corrected chi connectivity index (χ4v) is 4.00. The molecule has 2 nitrogen and oxygen atoms in total. The molecule has 106 valence electrons. The number of anilines is 1. The quantitative estimate of drug-likeness (QED) is 0.889. The number of benzene rings is 1. The zero-order chi connectivity index (χ0) is 13.9. The molecule has 0 radical (unpaired) electrons. The number of hydrogen-bond acceptors (Lipinski definition) is 3. The van der Waals surface area contributed by atoms with E-state index in [1.807, 2.05) is 11.3 Å². The molecule has 0 bridgehead atoms. The van der Waals surface area contributed by atoms with Gasteiger partial charge in [-0.25, -0.2) is 0 Å². The number of halogens is 1. The molecule has 2 heterocycles. The van der Waals surface area contributed by atoms with E-state index < -0.39 is 0 Å². The lowest BCUT2D eigenvalue weighted by Crippen LogP contribution is -2.29. The van der Waals surface area contributed by atoms with Gasteiger partial charge in [-0.1, -0.05) is 28.9 Å². The van der Waals surface area contributed by atoms with E-state index in [1.54, 1.807) is 4.88 Å². The first-order valence-electron chi connectivity index (χ1n) is 7.07. The molecule has 1 aromatic carbocycles. The van der Waals surface area contributed by atoms with Crippen LogP contribution in [0.2, 0.25) is 0 Å². The lowest BCUT2D eigenvalue weighted by Gasteiger charge is -2.29. The Morgan fingerprint density at radius 1 is 1.35 bits per heavy atom. The van der Waals surface area contributed by atoms with E-state index in [0.717, 1.165) is 26.2 Å². The van der Waals surface area contributed by atoms with Crippen molar-refractivity contribution in [2.45, 2.75) is 26.4 Å². The second-order valence-electron chi connectivity index (χ2n) is 5.10. The normalized spacial score (nSPS) is 14.4. The highest BCUT2D eigenvalue weighted by Gasteiger charge is 2.17. The molecule has 0 amide bonds. The summed E-state index contributed by atoms with van der Waals surface area (Å²) in [6.07, 6.45) is 1.17. The molecule has 1 N–H and O–H groups in total. The van der Waals surface area contributed by atoms with Crippen LogP contribution < -0.4 is 10.2 Å². The van der Waals surface area contributed by atoms with Gasteiger partial charge in [0.2, 0.25) is 0 Å². The van der Waals surface area contributed by atoms with Crippen LogP contribution in [-0.2, 0) is 19.5 Å². The third-order valence-corrected chi connectivity index (χ3v) is 5.54. The standard InChI is InChI=1S/C16H19BrN2S/c1-2-18-10-12-3-4-14(9-15(12)17)19-7-5-16-13(11-19)6-8-20-16/h3-4,6,8-9,18H,2,5,7,10-11H2,1H3. The van der Waals surface area contributed by atoms with Crippen molar-refractivity contribution >= 4 is 33.0 Å². The minimum atomic E-state index is 0.923. The molecule has 3 rings (SSSR count). The summed E-state index contributed by atoms with van der Waals surface area (Å²) in [6, 6.07) is 8.99. The second kappa shape index (κ2) is 6.29. The maximum atomic E-state index is 3.70. The zero-order valence-corrected chi connectivity index (χ0v) is 14.1. The first-order chi connectivity index (χ1) is 9.78. The molecule has 1 aliphatic rings. The molecule has 0 unspecified atom stereocenters. The first-order valence-corrected chi connectivity index (χ1v) is 8.74. The fourth-order valence-electron chi connectivity index (χ4n) is 2.60. The number of nitrogens with zero attached hydrogens (tertiary/aromatic N) is 1. The fraction of sp³-hybridized carbons (Fsp3) is 0.375. The van der Waals surface area contributed by atoms with Crippen molar-refractivity contribution in [3.63, 3.8) is 0 Å². The smallest absolute Gasteiger partial charge is 0.0440 e. The Balaban J connectivity index is 1.76. The summed E-state index contributed by atoms with van der Waals surface area (Å²) in [5, 5.41) is 5.58. The predicted molar refractivity (Wildman–Crippen MR) is 90.6 cm³/mol. The Kier molecular flexibility index (Phi) is 4.44. The zero-order valence-electron chi connectivity index (χ0n) is 11.7. The van der Waals surface area contributed by atoms with Crippen molar-refractivity contribution in [1.29, 1.82) is 0 Å². The number of fused-ring (bicyclic) bond motifs is 1. The highest BCUT2D eigenvalue weighted by atomic mass is 79.9. The molecule has 4 heteroatoms. The van der Waals surface area contributed by atoms with Crippen LogP contribution in [0.5, 0.6) is 0 Å². The predicted octanol–water partition coefficient (Wildman–Crippen LogP) is 4.18. The molecule has 2 aromatic rings. The maximum absolute atomic E-state index is 3.70. The summed E-state index contributed by atoms with van der Waals surface area (Å²) in [4.78, 5) is 4.03. The summed E-state index contributed by atoms with van der Waals surface area (Å²) < 4.78 is 1.20. The number of thiophene rings is 1. The van der Waals surface area contributed by atoms with E-state index in [4.69, 9.17) is 0 Å². The van der Waals surface area contributed by atoms with E-state index in [1.165, 1.54) is 27.7 Å². The Morgan fingerprint density at radius 2 is 2.25 bits per heavy atom. The Morgan fingerprint density at radius 3 is 3.05 bits per heavy atom. The molecule has 0 saturated heterocycles. The van der Waals surface area contributed by atoms with Crippen molar-refractivity contribution in [2.24, 2.45) is 0 Å². The third-order valence-electron chi connectivity index (χ3n) is 3.77. The summed E-state index contributed by atoms with van der Waals surface area (Å²) in [6.45, 7) is 6.21. The van der Waals surface area contributed by atoms with Gasteiger partial charge >= 0.3 is 0 Å². The topological polar surface area (TPSA) is 15.3 Å². The van der Waals surface area contributed by atoms with Gasteiger partial charge in [-0.15, -0.1) is 11.3 Å². The van der Waals surface area contributed by atoms with Crippen LogP contribution in [0, 0.1) is 0 Å². The molecule has 0 aliphatic carbocycles. The van der Waals surface area contributed by atoms with E-state index >= 15 is 0 Å². The van der Waals surface area contributed by atoms with Crippen LogP contribution in [0.1, 0.15) is 22.9 Å². The SMILES string of the molecule is CCNCc1ccc(N2CCc3sccc3C2)cc1Br. The minimum absolute atomic E-state index is 0.923. The average Bonchev–Trinajstić information content (AvgIpc) is 2.93. The van der Waals surface area contributed by atoms with Gasteiger partial charge in [0.15, 0.2) is 0 Å². The van der Waals surface area contributed by atoms with Crippen LogP contribution in [0.25, 0.3) is 0 Å². The van der Waals surface area contributed by atoms with E-state index in [2.05, 4.69) is 62.7 Å². The highest BCUT2D eigenvalue weighted by molar-refractivity contribution is 9.10. The van der Waals surface area contributed by atoms with Gasteiger partial charge in [-0.3, -0.25) is 0 Å². The van der Waals surface area contributed by atoms with Gasteiger partial charge in [-0.05, 0) is 47.7 Å². The summed E-state index contributed by atoms with van der Waals surface area (Å²) >= 11 is 5.60. The lowest BCUT2D eigenvalue weighted by atomic mass is 10.1. The van der Waals surface area contributed by atoms with Gasteiger partial charge in [0.05, 0.1) is 0 Å². The Labute approximate surface area is 132 Å². The number of hydrogen-bond donors (Lipinski definition) is 1. The van der Waals surface area contributed by atoms with Crippen LogP contribution in [0.4, 0.5) is 5.69 Å². The van der Waals surface area contributed by atoms with Gasteiger partial charge < -0.3 is 10.2 Å². The molecule has 20 heavy (non-hydrogen) atoms. The van der Waals surface area contributed by atoms with Gasteiger partial charge in [0.25, 0.3) is 0 Å². The van der Waals surface area contributed by atoms with Crippen molar-refractivity contribution < 1.29 is 0 Å². The minimum Gasteiger partial charge on any atom is -0.367 e. The molecular weight excluding hydrogens is 332 g/mol. The molecule has 0 atom stereocenters. The second-order valence-corrected chi connectivity index (χ2v) is 6.95. The average molecular weight is 351 g/mol. The number of nitrogens with one attached hydrogen (secondary N) is 1. The molecule has 1 aromatic heterocycles. The molecule has 1 aliphatic heterocycles. The summed E-state index contributed by atoms with van der Waals surface area (Å²) in [5.74, 6) is 0. The summed E-state index contributed by atoms with van der Waals surface area (Å²) in [5.41, 5.74) is 4.13. The van der Waals surface area contributed by atoms with Crippen molar-refractivity contribution in [2.75, 3.05) is 18.0 Å². The Bertz CT molecular complexity index is 594. The van der Waals surface area contributed by atoms with Crippen LogP contribution in [-0.4, -0.2) is 13.1 Å². The van der Waals surface area contributed by atoms with Gasteiger partial charge in [0, 0.05) is 34.7 Å².